The zero-order valence-corrected chi connectivity index (χ0v) is 17.1. The van der Waals surface area contributed by atoms with Crippen molar-refractivity contribution in [3.63, 3.8) is 0 Å². The van der Waals surface area contributed by atoms with Crippen LogP contribution in [0.5, 0.6) is 5.75 Å². The summed E-state index contributed by atoms with van der Waals surface area (Å²) in [6.07, 6.45) is 1.33. The number of ether oxygens (including phenoxy) is 1. The third-order valence-corrected chi connectivity index (χ3v) is 5.61. The number of anilines is 1. The first kappa shape index (κ1) is 20.0. The molecule has 0 aromatic heterocycles. The molecule has 30 heavy (non-hydrogen) atoms. The molecular weight excluding hydrogens is 376 g/mol. The number of nitrogens with one attached hydrogen (secondary N) is 1. The Balaban J connectivity index is 1.36. The maximum atomic E-state index is 13.1. The summed E-state index contributed by atoms with van der Waals surface area (Å²) >= 11 is 0. The van der Waals surface area contributed by atoms with E-state index in [1.807, 2.05) is 78.6 Å². The highest BCUT2D eigenvalue weighted by Gasteiger charge is 2.28. The highest BCUT2D eigenvalue weighted by molar-refractivity contribution is 6.07. The number of carbonyl (C=O) groups is 2. The highest BCUT2D eigenvalue weighted by Crippen LogP contribution is 2.25. The van der Waals surface area contributed by atoms with E-state index in [9.17, 15) is 9.59 Å². The van der Waals surface area contributed by atoms with Gasteiger partial charge in [-0.05, 0) is 60.9 Å². The molecule has 0 atom stereocenters. The largest absolute Gasteiger partial charge is 0.494 e. The van der Waals surface area contributed by atoms with E-state index in [-0.39, 0.29) is 17.7 Å². The average molecular weight is 402 g/mol. The standard InChI is InChI=1S/C25H26N2O3/c1-2-30-21-12-10-20(11-13-21)26-24(28)19-14-16-27(17-15-19)25(29)23-9-5-7-18-6-3-4-8-22(18)23/h3-13,19H,2,14-17H2,1H3,(H,26,28). The summed E-state index contributed by atoms with van der Waals surface area (Å²) in [6.45, 7) is 3.72. The van der Waals surface area contributed by atoms with Gasteiger partial charge in [0.2, 0.25) is 5.91 Å². The molecule has 3 aromatic carbocycles. The lowest BCUT2D eigenvalue weighted by molar-refractivity contribution is -0.121. The van der Waals surface area contributed by atoms with E-state index in [1.165, 1.54) is 0 Å². The van der Waals surface area contributed by atoms with Gasteiger partial charge in [-0.3, -0.25) is 9.59 Å². The minimum absolute atomic E-state index is 0.0106. The lowest BCUT2D eigenvalue weighted by Crippen LogP contribution is -2.41. The number of benzene rings is 3. The van der Waals surface area contributed by atoms with Crippen LogP contribution in [0, 0.1) is 5.92 Å². The van der Waals surface area contributed by atoms with Crippen molar-refractivity contribution in [3.05, 3.63) is 72.3 Å². The van der Waals surface area contributed by atoms with Gasteiger partial charge >= 0.3 is 0 Å². The predicted octanol–water partition coefficient (Wildman–Crippen LogP) is 4.73. The fourth-order valence-corrected chi connectivity index (χ4v) is 3.97. The SMILES string of the molecule is CCOc1ccc(NC(=O)C2CCN(C(=O)c3cccc4ccccc34)CC2)cc1. The van der Waals surface area contributed by atoms with Gasteiger partial charge in [0.15, 0.2) is 0 Å². The molecule has 154 valence electrons. The van der Waals surface area contributed by atoms with Crippen molar-refractivity contribution in [2.24, 2.45) is 5.92 Å². The fraction of sp³-hybridized carbons (Fsp3) is 0.280. The van der Waals surface area contributed by atoms with Crippen LogP contribution in [-0.4, -0.2) is 36.4 Å². The van der Waals surface area contributed by atoms with Gasteiger partial charge in [-0.25, -0.2) is 0 Å². The number of amides is 2. The number of fused-ring (bicyclic) bond motifs is 1. The van der Waals surface area contributed by atoms with Crippen LogP contribution in [0.15, 0.2) is 66.7 Å². The van der Waals surface area contributed by atoms with Crippen LogP contribution in [0.3, 0.4) is 0 Å². The summed E-state index contributed by atoms with van der Waals surface area (Å²) in [4.78, 5) is 27.6. The van der Waals surface area contributed by atoms with Gasteiger partial charge in [0, 0.05) is 30.3 Å². The Labute approximate surface area is 176 Å². The van der Waals surface area contributed by atoms with Gasteiger partial charge in [-0.1, -0.05) is 36.4 Å². The quantitative estimate of drug-likeness (QED) is 0.671. The van der Waals surface area contributed by atoms with E-state index in [0.29, 0.717) is 32.5 Å². The van der Waals surface area contributed by atoms with Crippen molar-refractivity contribution in [1.82, 2.24) is 4.90 Å². The molecule has 0 spiro atoms. The lowest BCUT2D eigenvalue weighted by atomic mass is 9.94. The summed E-state index contributed by atoms with van der Waals surface area (Å²) in [6, 6.07) is 21.2. The molecular formula is C25H26N2O3. The molecule has 1 saturated heterocycles. The minimum Gasteiger partial charge on any atom is -0.494 e. The second kappa shape index (κ2) is 8.99. The summed E-state index contributed by atoms with van der Waals surface area (Å²) in [7, 11) is 0. The normalized spacial score (nSPS) is 14.5. The molecule has 1 aliphatic heterocycles. The molecule has 0 saturated carbocycles. The smallest absolute Gasteiger partial charge is 0.254 e. The number of piperidine rings is 1. The second-order valence-corrected chi connectivity index (χ2v) is 7.54. The van der Waals surface area contributed by atoms with Crippen LogP contribution in [-0.2, 0) is 4.79 Å². The zero-order valence-electron chi connectivity index (χ0n) is 17.1. The molecule has 2 amide bonds. The summed E-state index contributed by atoms with van der Waals surface area (Å²) < 4.78 is 5.43. The second-order valence-electron chi connectivity index (χ2n) is 7.54. The number of hydrogen-bond acceptors (Lipinski definition) is 3. The first-order chi connectivity index (χ1) is 14.7. The van der Waals surface area contributed by atoms with E-state index in [1.54, 1.807) is 0 Å². The van der Waals surface area contributed by atoms with Crippen molar-refractivity contribution in [2.75, 3.05) is 25.0 Å². The number of likely N-dealkylation sites (tertiary alicyclic amines) is 1. The van der Waals surface area contributed by atoms with Crippen molar-refractivity contribution in [2.45, 2.75) is 19.8 Å². The molecule has 4 rings (SSSR count). The van der Waals surface area contributed by atoms with E-state index >= 15 is 0 Å². The molecule has 0 bridgehead atoms. The number of rotatable bonds is 5. The number of nitrogens with zero attached hydrogens (tertiary/aromatic N) is 1. The van der Waals surface area contributed by atoms with Gasteiger partial charge in [-0.15, -0.1) is 0 Å². The Hall–Kier alpha value is -3.34. The van der Waals surface area contributed by atoms with Crippen LogP contribution in [0.2, 0.25) is 0 Å². The van der Waals surface area contributed by atoms with E-state index < -0.39 is 0 Å². The third kappa shape index (κ3) is 4.30. The summed E-state index contributed by atoms with van der Waals surface area (Å²) in [5.41, 5.74) is 1.49. The summed E-state index contributed by atoms with van der Waals surface area (Å²) in [5.74, 6) is 0.748. The van der Waals surface area contributed by atoms with Crippen LogP contribution < -0.4 is 10.1 Å². The molecule has 0 radical (unpaired) electrons. The van der Waals surface area contributed by atoms with Crippen molar-refractivity contribution >= 4 is 28.3 Å². The number of carbonyl (C=O) groups excluding carboxylic acids is 2. The number of hydrogen-bond donors (Lipinski definition) is 1. The van der Waals surface area contributed by atoms with Crippen LogP contribution in [0.4, 0.5) is 5.69 Å². The monoisotopic (exact) mass is 402 g/mol. The van der Waals surface area contributed by atoms with Gasteiger partial charge in [-0.2, -0.15) is 0 Å². The maximum Gasteiger partial charge on any atom is 0.254 e. The van der Waals surface area contributed by atoms with E-state index in [2.05, 4.69) is 5.32 Å². The topological polar surface area (TPSA) is 58.6 Å². The zero-order chi connectivity index (χ0) is 20.9. The average Bonchev–Trinajstić information content (AvgIpc) is 2.80. The summed E-state index contributed by atoms with van der Waals surface area (Å²) in [5, 5.41) is 5.02. The third-order valence-electron chi connectivity index (χ3n) is 5.61. The van der Waals surface area contributed by atoms with E-state index in [0.717, 1.165) is 27.8 Å². The molecule has 5 nitrogen and oxygen atoms in total. The maximum absolute atomic E-state index is 13.1. The van der Waals surface area contributed by atoms with Crippen molar-refractivity contribution in [1.29, 1.82) is 0 Å². The Morgan fingerprint density at radius 1 is 0.967 bits per heavy atom. The molecule has 1 N–H and O–H groups in total. The van der Waals surface area contributed by atoms with Gasteiger partial charge in [0.25, 0.3) is 5.91 Å². The Morgan fingerprint density at radius 3 is 2.40 bits per heavy atom. The molecule has 0 unspecified atom stereocenters. The van der Waals surface area contributed by atoms with Crippen LogP contribution in [0.1, 0.15) is 30.1 Å². The fourth-order valence-electron chi connectivity index (χ4n) is 3.97. The van der Waals surface area contributed by atoms with E-state index in [4.69, 9.17) is 4.74 Å². The molecule has 5 heteroatoms. The lowest BCUT2D eigenvalue weighted by Gasteiger charge is -2.31. The van der Waals surface area contributed by atoms with Gasteiger partial charge in [0.1, 0.15) is 5.75 Å². The van der Waals surface area contributed by atoms with Crippen molar-refractivity contribution in [3.8, 4) is 5.75 Å². The molecule has 0 aliphatic carbocycles. The first-order valence-corrected chi connectivity index (χ1v) is 10.5. The minimum atomic E-state index is -0.0897. The Kier molecular flexibility index (Phi) is 5.98. The molecule has 1 fully saturated rings. The highest BCUT2D eigenvalue weighted by atomic mass is 16.5. The van der Waals surface area contributed by atoms with Crippen molar-refractivity contribution < 1.29 is 14.3 Å². The molecule has 1 heterocycles. The first-order valence-electron chi connectivity index (χ1n) is 10.5. The molecule has 1 aliphatic rings. The molecule has 3 aromatic rings. The van der Waals surface area contributed by atoms with Crippen LogP contribution in [0.25, 0.3) is 10.8 Å². The Morgan fingerprint density at radius 2 is 1.67 bits per heavy atom. The predicted molar refractivity (Wildman–Crippen MR) is 119 cm³/mol. The van der Waals surface area contributed by atoms with Crippen LogP contribution >= 0.6 is 0 Å². The van der Waals surface area contributed by atoms with Gasteiger partial charge < -0.3 is 15.0 Å². The van der Waals surface area contributed by atoms with Gasteiger partial charge in [0.05, 0.1) is 6.61 Å². The Bertz CT molecular complexity index is 1030.